The number of furan rings is 1. The van der Waals surface area contributed by atoms with Crippen LogP contribution in [0.15, 0.2) is 45.3 Å². The van der Waals surface area contributed by atoms with Crippen LogP contribution in [0.3, 0.4) is 0 Å². The minimum atomic E-state index is -1.13. The predicted octanol–water partition coefficient (Wildman–Crippen LogP) is 2.97. The van der Waals surface area contributed by atoms with Crippen molar-refractivity contribution in [3.8, 4) is 5.75 Å². The summed E-state index contributed by atoms with van der Waals surface area (Å²) in [7, 11) is 0. The summed E-state index contributed by atoms with van der Waals surface area (Å²) >= 11 is 3.34. The maximum absolute atomic E-state index is 12.0. The number of rotatable bonds is 6. The molecule has 0 atom stereocenters. The molecule has 3 rings (SSSR count). The molecule has 0 saturated heterocycles. The van der Waals surface area contributed by atoms with E-state index in [9.17, 15) is 9.59 Å². The van der Waals surface area contributed by atoms with Crippen LogP contribution < -0.4 is 10.1 Å². The van der Waals surface area contributed by atoms with Crippen molar-refractivity contribution in [1.29, 1.82) is 0 Å². The third kappa shape index (κ3) is 3.56. The van der Waals surface area contributed by atoms with Crippen LogP contribution in [0.25, 0.3) is 0 Å². The quantitative estimate of drug-likeness (QED) is 0.805. The molecule has 1 saturated carbocycles. The lowest BCUT2D eigenvalue weighted by Gasteiger charge is -2.10. The molecule has 6 nitrogen and oxygen atoms in total. The van der Waals surface area contributed by atoms with Crippen molar-refractivity contribution in [3.05, 3.63) is 52.4 Å². The lowest BCUT2D eigenvalue weighted by Crippen LogP contribution is -2.42. The highest BCUT2D eigenvalue weighted by atomic mass is 79.9. The van der Waals surface area contributed by atoms with Gasteiger partial charge < -0.3 is 19.6 Å². The van der Waals surface area contributed by atoms with Gasteiger partial charge in [0.2, 0.25) is 0 Å². The fourth-order valence-electron chi connectivity index (χ4n) is 2.06. The van der Waals surface area contributed by atoms with Gasteiger partial charge >= 0.3 is 5.97 Å². The third-order valence-corrected chi connectivity index (χ3v) is 4.12. The maximum Gasteiger partial charge on any atom is 0.329 e. The summed E-state index contributed by atoms with van der Waals surface area (Å²) < 4.78 is 11.9. The molecule has 2 N–H and O–H groups in total. The molecule has 0 aliphatic heterocycles. The summed E-state index contributed by atoms with van der Waals surface area (Å²) in [6, 6.07) is 10.5. The number of ether oxygens (including phenoxy) is 1. The van der Waals surface area contributed by atoms with Gasteiger partial charge in [-0.3, -0.25) is 4.79 Å². The number of carbonyl (C=O) groups excluding carboxylic acids is 1. The molecule has 23 heavy (non-hydrogen) atoms. The zero-order valence-corrected chi connectivity index (χ0v) is 13.6. The second-order valence-electron chi connectivity index (χ2n) is 5.35. The smallest absolute Gasteiger partial charge is 0.329 e. The van der Waals surface area contributed by atoms with Crippen LogP contribution in [-0.2, 0) is 11.4 Å². The largest absolute Gasteiger partial charge is 0.486 e. The number of carbonyl (C=O) groups is 2. The fourth-order valence-corrected chi connectivity index (χ4v) is 2.32. The number of amides is 1. The Morgan fingerprint density at radius 2 is 1.91 bits per heavy atom. The Labute approximate surface area is 140 Å². The maximum atomic E-state index is 12.0. The molecule has 0 unspecified atom stereocenters. The number of carboxylic acid groups (broad SMARTS) is 1. The SMILES string of the molecule is O=C(NC1(C(=O)O)CC1)c1ccc(COc2ccc(Br)cc2)o1. The number of carboxylic acids is 1. The van der Waals surface area contributed by atoms with Crippen molar-refractivity contribution in [3.63, 3.8) is 0 Å². The monoisotopic (exact) mass is 379 g/mol. The van der Waals surface area contributed by atoms with Gasteiger partial charge in [0.15, 0.2) is 5.76 Å². The third-order valence-electron chi connectivity index (χ3n) is 3.59. The summed E-state index contributed by atoms with van der Waals surface area (Å²) in [5.41, 5.74) is -1.13. The summed E-state index contributed by atoms with van der Waals surface area (Å²) in [5.74, 6) is -0.306. The van der Waals surface area contributed by atoms with Crippen LogP contribution in [0.4, 0.5) is 0 Å². The number of nitrogens with one attached hydrogen (secondary N) is 1. The standard InChI is InChI=1S/C16H14BrNO5/c17-10-1-3-11(4-2-10)22-9-12-5-6-13(23-12)14(19)18-16(7-8-16)15(20)21/h1-6H,7-9H2,(H,18,19)(H,20,21). The van der Waals surface area contributed by atoms with E-state index >= 15 is 0 Å². The van der Waals surface area contributed by atoms with E-state index in [1.165, 1.54) is 6.07 Å². The molecule has 1 amide bonds. The molecule has 7 heteroatoms. The Kier molecular flexibility index (Phi) is 4.12. The molecule has 0 radical (unpaired) electrons. The van der Waals surface area contributed by atoms with E-state index < -0.39 is 17.4 Å². The van der Waals surface area contributed by atoms with Crippen molar-refractivity contribution >= 4 is 27.8 Å². The zero-order valence-electron chi connectivity index (χ0n) is 12.0. The highest BCUT2D eigenvalue weighted by Crippen LogP contribution is 2.35. The van der Waals surface area contributed by atoms with Gasteiger partial charge in [0.05, 0.1) is 0 Å². The minimum Gasteiger partial charge on any atom is -0.486 e. The van der Waals surface area contributed by atoms with Crippen molar-refractivity contribution in [1.82, 2.24) is 5.32 Å². The second-order valence-corrected chi connectivity index (χ2v) is 6.27. The number of halogens is 1. The lowest BCUT2D eigenvalue weighted by molar-refractivity contribution is -0.140. The molecule has 1 fully saturated rings. The molecule has 0 spiro atoms. The van der Waals surface area contributed by atoms with Crippen LogP contribution in [0, 0.1) is 0 Å². The Hall–Kier alpha value is -2.28. The summed E-state index contributed by atoms with van der Waals surface area (Å²) in [6.45, 7) is 0.180. The first-order chi connectivity index (χ1) is 11.0. The second kappa shape index (κ2) is 6.08. The lowest BCUT2D eigenvalue weighted by atomic mass is 10.2. The molecular formula is C16H14BrNO5. The van der Waals surface area contributed by atoms with E-state index in [1.54, 1.807) is 6.07 Å². The Morgan fingerprint density at radius 1 is 1.22 bits per heavy atom. The van der Waals surface area contributed by atoms with Crippen LogP contribution >= 0.6 is 15.9 Å². The number of aliphatic carboxylic acids is 1. The van der Waals surface area contributed by atoms with E-state index in [1.807, 2.05) is 24.3 Å². The predicted molar refractivity (Wildman–Crippen MR) is 84.2 cm³/mol. The van der Waals surface area contributed by atoms with Crippen molar-refractivity contribution in [2.45, 2.75) is 25.0 Å². The Bertz CT molecular complexity index is 733. The van der Waals surface area contributed by atoms with Gasteiger partial charge in [0.1, 0.15) is 23.7 Å². The van der Waals surface area contributed by atoms with Gasteiger partial charge in [-0.1, -0.05) is 15.9 Å². The molecule has 1 aromatic heterocycles. The molecule has 2 aromatic rings. The fraction of sp³-hybridized carbons (Fsp3) is 0.250. The normalized spacial score (nSPS) is 15.0. The average Bonchev–Trinajstić information content (AvgIpc) is 3.15. The Balaban J connectivity index is 1.58. The van der Waals surface area contributed by atoms with Gasteiger partial charge in [0, 0.05) is 4.47 Å². The first-order valence-corrected chi connectivity index (χ1v) is 7.81. The minimum absolute atomic E-state index is 0.0759. The first-order valence-electron chi connectivity index (χ1n) is 7.01. The van der Waals surface area contributed by atoms with Crippen LogP contribution in [0.2, 0.25) is 0 Å². The van der Waals surface area contributed by atoms with Crippen LogP contribution in [0.5, 0.6) is 5.75 Å². The first kappa shape index (κ1) is 15.6. The average molecular weight is 380 g/mol. The van der Waals surface area contributed by atoms with E-state index in [2.05, 4.69) is 21.2 Å². The van der Waals surface area contributed by atoms with Gasteiger partial charge in [0.25, 0.3) is 5.91 Å². The van der Waals surface area contributed by atoms with Crippen molar-refractivity contribution in [2.75, 3.05) is 0 Å². The van der Waals surface area contributed by atoms with Gasteiger partial charge in [-0.15, -0.1) is 0 Å². The van der Waals surface area contributed by atoms with Gasteiger partial charge in [-0.2, -0.15) is 0 Å². The number of hydrogen-bond acceptors (Lipinski definition) is 4. The Morgan fingerprint density at radius 3 is 2.52 bits per heavy atom. The summed E-state index contributed by atoms with van der Waals surface area (Å²) in [4.78, 5) is 23.1. The van der Waals surface area contributed by atoms with E-state index in [4.69, 9.17) is 14.3 Å². The van der Waals surface area contributed by atoms with Crippen molar-refractivity contribution < 1.29 is 23.8 Å². The topological polar surface area (TPSA) is 88.8 Å². The van der Waals surface area contributed by atoms with Crippen LogP contribution in [-0.4, -0.2) is 22.5 Å². The van der Waals surface area contributed by atoms with Crippen molar-refractivity contribution in [2.24, 2.45) is 0 Å². The molecule has 1 aliphatic rings. The molecule has 1 aliphatic carbocycles. The van der Waals surface area contributed by atoms with Crippen LogP contribution in [0.1, 0.15) is 29.2 Å². The van der Waals surface area contributed by atoms with E-state index in [0.29, 0.717) is 24.4 Å². The molecule has 1 heterocycles. The van der Waals surface area contributed by atoms with E-state index in [0.717, 1.165) is 4.47 Å². The molecular weight excluding hydrogens is 366 g/mol. The highest BCUT2D eigenvalue weighted by molar-refractivity contribution is 9.10. The van der Waals surface area contributed by atoms with E-state index in [-0.39, 0.29) is 12.4 Å². The summed E-state index contributed by atoms with van der Waals surface area (Å²) in [5, 5.41) is 11.6. The summed E-state index contributed by atoms with van der Waals surface area (Å²) in [6.07, 6.45) is 0.878. The molecule has 120 valence electrons. The highest BCUT2D eigenvalue weighted by Gasteiger charge is 2.52. The van der Waals surface area contributed by atoms with Gasteiger partial charge in [-0.25, -0.2) is 4.79 Å². The number of benzene rings is 1. The zero-order chi connectivity index (χ0) is 16.4. The molecule has 1 aromatic carbocycles. The number of hydrogen-bond donors (Lipinski definition) is 2. The van der Waals surface area contributed by atoms with Gasteiger partial charge in [-0.05, 0) is 49.2 Å². The molecule has 0 bridgehead atoms.